The van der Waals surface area contributed by atoms with Gasteiger partial charge in [-0.1, -0.05) is 0 Å². The van der Waals surface area contributed by atoms with Crippen molar-refractivity contribution in [2.75, 3.05) is 13.1 Å². The molecule has 1 unspecified atom stereocenters. The van der Waals surface area contributed by atoms with E-state index in [0.29, 0.717) is 44.5 Å². The number of likely N-dealkylation sites (tertiary alicyclic amines) is 1. The summed E-state index contributed by atoms with van der Waals surface area (Å²) in [4.78, 5) is 35.0. The molecule has 4 heterocycles. The number of esters is 1. The number of hydrogen-bond donors (Lipinski definition) is 1. The number of rotatable bonds is 3. The van der Waals surface area contributed by atoms with Gasteiger partial charge in [0, 0.05) is 54.1 Å². The van der Waals surface area contributed by atoms with Crippen LogP contribution in [0.15, 0.2) is 36.9 Å². The third kappa shape index (κ3) is 3.09. The van der Waals surface area contributed by atoms with E-state index in [4.69, 9.17) is 4.74 Å². The molecule has 2 aliphatic heterocycles. The molecule has 2 saturated heterocycles. The number of hydrogen-bond acceptors (Lipinski definition) is 4. The zero-order valence-corrected chi connectivity index (χ0v) is 17.4. The van der Waals surface area contributed by atoms with Gasteiger partial charge in [-0.25, -0.2) is 4.98 Å². The molecule has 2 aromatic heterocycles. The molecular weight excluding hydrogens is 380 g/mol. The Morgan fingerprint density at radius 3 is 2.83 bits per heavy atom. The maximum absolute atomic E-state index is 13.1. The van der Waals surface area contributed by atoms with Crippen molar-refractivity contribution in [1.82, 2.24) is 19.4 Å². The van der Waals surface area contributed by atoms with Crippen molar-refractivity contribution in [3.05, 3.63) is 53.7 Å². The van der Waals surface area contributed by atoms with E-state index < -0.39 is 5.41 Å². The number of aromatic amines is 1. The number of fused-ring (bicyclic) bond motifs is 1. The van der Waals surface area contributed by atoms with Gasteiger partial charge in [0.1, 0.15) is 6.10 Å². The van der Waals surface area contributed by atoms with Crippen LogP contribution < -0.4 is 0 Å². The fourth-order valence-electron chi connectivity index (χ4n) is 4.89. The first-order valence-corrected chi connectivity index (χ1v) is 10.5. The number of amides is 1. The zero-order valence-electron chi connectivity index (χ0n) is 17.4. The van der Waals surface area contributed by atoms with Gasteiger partial charge < -0.3 is 19.2 Å². The van der Waals surface area contributed by atoms with Gasteiger partial charge in [0.05, 0.1) is 18.3 Å². The Hall–Kier alpha value is -3.09. The van der Waals surface area contributed by atoms with Crippen LogP contribution in [0.1, 0.15) is 40.9 Å². The summed E-state index contributed by atoms with van der Waals surface area (Å²) in [6, 6.07) is 5.84. The molecule has 0 radical (unpaired) electrons. The normalized spacial score (nSPS) is 20.8. The van der Waals surface area contributed by atoms with Gasteiger partial charge in [0.15, 0.2) is 0 Å². The van der Waals surface area contributed by atoms with Crippen LogP contribution in [0.2, 0.25) is 0 Å². The highest BCUT2D eigenvalue weighted by Gasteiger charge is 2.50. The van der Waals surface area contributed by atoms with Gasteiger partial charge in [-0.15, -0.1) is 0 Å². The lowest BCUT2D eigenvalue weighted by atomic mass is 9.76. The molecule has 30 heavy (non-hydrogen) atoms. The third-order valence-electron chi connectivity index (χ3n) is 6.86. The van der Waals surface area contributed by atoms with E-state index >= 15 is 0 Å². The average Bonchev–Trinajstić information content (AvgIpc) is 3.43. The molecule has 7 heteroatoms. The highest BCUT2D eigenvalue weighted by Crippen LogP contribution is 2.43. The quantitative estimate of drug-likeness (QED) is 0.678. The number of cyclic esters (lactones) is 1. The van der Waals surface area contributed by atoms with E-state index in [1.807, 2.05) is 40.8 Å². The average molecular weight is 406 g/mol. The summed E-state index contributed by atoms with van der Waals surface area (Å²) in [6.07, 6.45) is 7.24. The number of piperidine rings is 1. The number of ether oxygens (including phenoxy) is 1. The number of imidazole rings is 1. The largest absolute Gasteiger partial charge is 0.460 e. The summed E-state index contributed by atoms with van der Waals surface area (Å²) in [5.74, 6) is -0.0779. The molecule has 1 atom stereocenters. The summed E-state index contributed by atoms with van der Waals surface area (Å²) in [5.41, 5.74) is 3.60. The number of carbonyl (C=O) groups is 2. The number of aromatic nitrogens is 3. The molecule has 0 aliphatic carbocycles. The molecule has 1 spiro atoms. The maximum Gasteiger partial charge on any atom is 0.312 e. The second-order valence-corrected chi connectivity index (χ2v) is 8.70. The Morgan fingerprint density at radius 2 is 2.10 bits per heavy atom. The van der Waals surface area contributed by atoms with E-state index in [1.165, 1.54) is 5.56 Å². The van der Waals surface area contributed by atoms with Crippen LogP contribution in [0, 0.1) is 19.3 Å². The first kappa shape index (κ1) is 18.9. The van der Waals surface area contributed by atoms with Crippen molar-refractivity contribution in [2.24, 2.45) is 5.41 Å². The minimum absolute atomic E-state index is 0.0336. The summed E-state index contributed by atoms with van der Waals surface area (Å²) in [7, 11) is 0. The summed E-state index contributed by atoms with van der Waals surface area (Å²) >= 11 is 0. The maximum atomic E-state index is 13.1. The van der Waals surface area contributed by atoms with Gasteiger partial charge >= 0.3 is 5.97 Å². The predicted molar refractivity (Wildman–Crippen MR) is 112 cm³/mol. The van der Waals surface area contributed by atoms with Gasteiger partial charge in [0.2, 0.25) is 0 Å². The van der Waals surface area contributed by atoms with Crippen LogP contribution in [0.4, 0.5) is 0 Å². The molecular formula is C23H26N4O3. The molecule has 1 aromatic carbocycles. The minimum Gasteiger partial charge on any atom is -0.460 e. The monoisotopic (exact) mass is 406 g/mol. The number of benzene rings is 1. The molecule has 2 fully saturated rings. The Morgan fingerprint density at radius 1 is 1.30 bits per heavy atom. The smallest absolute Gasteiger partial charge is 0.312 e. The van der Waals surface area contributed by atoms with Gasteiger partial charge in [0.25, 0.3) is 5.91 Å². The van der Waals surface area contributed by atoms with Crippen LogP contribution in [0.25, 0.3) is 10.9 Å². The Labute approximate surface area is 175 Å². The molecule has 156 valence electrons. The highest BCUT2D eigenvalue weighted by atomic mass is 16.6. The molecule has 7 nitrogen and oxygen atoms in total. The summed E-state index contributed by atoms with van der Waals surface area (Å²) < 4.78 is 7.62. The van der Waals surface area contributed by atoms with E-state index in [2.05, 4.69) is 16.9 Å². The van der Waals surface area contributed by atoms with Crippen molar-refractivity contribution in [3.8, 4) is 0 Å². The molecule has 0 saturated carbocycles. The minimum atomic E-state index is -0.458. The second-order valence-electron chi connectivity index (χ2n) is 8.70. The fourth-order valence-corrected chi connectivity index (χ4v) is 4.89. The highest BCUT2D eigenvalue weighted by molar-refractivity contribution is 5.99. The Balaban J connectivity index is 1.27. The molecule has 0 bridgehead atoms. The second kappa shape index (κ2) is 7.00. The van der Waals surface area contributed by atoms with Gasteiger partial charge in [-0.05, 0) is 50.5 Å². The van der Waals surface area contributed by atoms with Crippen molar-refractivity contribution in [1.29, 1.82) is 0 Å². The van der Waals surface area contributed by atoms with Crippen molar-refractivity contribution < 1.29 is 14.3 Å². The van der Waals surface area contributed by atoms with Crippen molar-refractivity contribution in [3.63, 3.8) is 0 Å². The van der Waals surface area contributed by atoms with E-state index in [-0.39, 0.29) is 18.0 Å². The zero-order chi connectivity index (χ0) is 20.9. The number of H-pyrrole nitrogens is 1. The van der Waals surface area contributed by atoms with Crippen LogP contribution in [-0.4, -0.2) is 50.5 Å². The lowest BCUT2D eigenvalue weighted by Gasteiger charge is -2.36. The molecule has 1 amide bonds. The third-order valence-corrected chi connectivity index (χ3v) is 6.86. The van der Waals surface area contributed by atoms with E-state index in [0.717, 1.165) is 16.6 Å². The lowest BCUT2D eigenvalue weighted by Crippen LogP contribution is -2.45. The van der Waals surface area contributed by atoms with Gasteiger partial charge in [-0.3, -0.25) is 9.59 Å². The molecule has 2 aliphatic rings. The summed E-state index contributed by atoms with van der Waals surface area (Å²) in [6.45, 7) is 5.90. The molecule has 1 N–H and O–H groups in total. The number of nitrogens with zero attached hydrogens (tertiary/aromatic N) is 3. The molecule has 3 aromatic rings. The van der Waals surface area contributed by atoms with E-state index in [9.17, 15) is 9.59 Å². The van der Waals surface area contributed by atoms with Crippen LogP contribution in [0.5, 0.6) is 0 Å². The Bertz CT molecular complexity index is 1110. The standard InChI is InChI=1S/C23H26N4O3/c1-15-16(2)25-20-4-3-17(11-19(15)20)21(28)27-8-5-23(6-9-27)12-18(30-22(23)29)13-26-10-7-24-14-26/h3-4,7,10-11,14,18,25H,5-6,8-9,12-13H2,1-2H3. The van der Waals surface area contributed by atoms with Crippen molar-refractivity contribution >= 4 is 22.8 Å². The number of nitrogens with one attached hydrogen (secondary N) is 1. The van der Waals surface area contributed by atoms with Crippen LogP contribution in [0.3, 0.4) is 0 Å². The SMILES string of the molecule is Cc1[nH]c2ccc(C(=O)N3CCC4(CC3)CC(Cn3ccnc3)OC4=O)cc2c1C. The topological polar surface area (TPSA) is 80.2 Å². The van der Waals surface area contributed by atoms with Crippen LogP contribution in [-0.2, 0) is 16.1 Å². The first-order chi connectivity index (χ1) is 14.4. The lowest BCUT2D eigenvalue weighted by molar-refractivity contribution is -0.150. The van der Waals surface area contributed by atoms with Crippen LogP contribution >= 0.6 is 0 Å². The van der Waals surface area contributed by atoms with Crippen molar-refractivity contribution in [2.45, 2.75) is 45.8 Å². The summed E-state index contributed by atoms with van der Waals surface area (Å²) in [5, 5.41) is 1.09. The number of aryl methyl sites for hydroxylation is 2. The predicted octanol–water partition coefficient (Wildman–Crippen LogP) is 3.22. The number of carbonyl (C=O) groups excluding carboxylic acids is 2. The Kier molecular flexibility index (Phi) is 4.41. The van der Waals surface area contributed by atoms with Gasteiger partial charge in [-0.2, -0.15) is 0 Å². The van der Waals surface area contributed by atoms with E-state index in [1.54, 1.807) is 12.5 Å². The first-order valence-electron chi connectivity index (χ1n) is 10.5. The fraction of sp³-hybridized carbons (Fsp3) is 0.435. The molecule has 5 rings (SSSR count).